The van der Waals surface area contributed by atoms with Gasteiger partial charge in [-0.15, -0.1) is 0 Å². The third-order valence-corrected chi connectivity index (χ3v) is 13.9. The number of furan rings is 1. The molecule has 0 saturated carbocycles. The zero-order chi connectivity index (χ0) is 45.3. The molecule has 0 bridgehead atoms. The number of rotatable bonds is 7. The SMILES string of the molecule is CC1(C)c2ccccc2-c2ccc(-c3cc(-c4ccccc4)cc(-c4cccc(-c5cccc(-c6nc(-c7ccccc7)nc(-c7ccc8oc9ccc%10ccccc%10c9c8c7)n6)c5)c4)c3)cc21. The van der Waals surface area contributed by atoms with Crippen molar-refractivity contribution in [2.24, 2.45) is 0 Å². The summed E-state index contributed by atoms with van der Waals surface area (Å²) in [4.78, 5) is 15.4. The van der Waals surface area contributed by atoms with Crippen molar-refractivity contribution in [3.63, 3.8) is 0 Å². The van der Waals surface area contributed by atoms with Crippen LogP contribution in [-0.2, 0) is 5.41 Å². The molecule has 2 aromatic heterocycles. The van der Waals surface area contributed by atoms with Gasteiger partial charge in [-0.2, -0.15) is 0 Å². The molecule has 1 aliphatic rings. The molecule has 1 aliphatic carbocycles. The highest BCUT2D eigenvalue weighted by Crippen LogP contribution is 2.50. The van der Waals surface area contributed by atoms with E-state index >= 15 is 0 Å². The average Bonchev–Trinajstić information content (AvgIpc) is 3.90. The first-order valence-corrected chi connectivity index (χ1v) is 23.2. The monoisotopic (exact) mass is 869 g/mol. The van der Waals surface area contributed by atoms with Crippen LogP contribution in [0.3, 0.4) is 0 Å². The smallest absolute Gasteiger partial charge is 0.164 e. The minimum absolute atomic E-state index is 0.0870. The van der Waals surface area contributed by atoms with Gasteiger partial charge >= 0.3 is 0 Å². The summed E-state index contributed by atoms with van der Waals surface area (Å²) in [7, 11) is 0. The maximum atomic E-state index is 6.36. The van der Waals surface area contributed by atoms with Crippen molar-refractivity contribution >= 4 is 32.7 Å². The van der Waals surface area contributed by atoms with Crippen molar-refractivity contribution < 1.29 is 4.42 Å². The maximum Gasteiger partial charge on any atom is 0.164 e. The van der Waals surface area contributed by atoms with Crippen molar-refractivity contribution in [2.75, 3.05) is 0 Å². The molecule has 0 radical (unpaired) electrons. The fourth-order valence-corrected chi connectivity index (χ4v) is 10.4. The quantitative estimate of drug-likeness (QED) is 0.160. The summed E-state index contributed by atoms with van der Waals surface area (Å²) in [5.41, 5.74) is 19.0. The lowest BCUT2D eigenvalue weighted by Crippen LogP contribution is -2.14. The molecule has 320 valence electrons. The number of benzene rings is 10. The van der Waals surface area contributed by atoms with Crippen LogP contribution in [0.1, 0.15) is 25.0 Å². The van der Waals surface area contributed by atoms with E-state index in [4.69, 9.17) is 19.4 Å². The Labute approximate surface area is 394 Å². The van der Waals surface area contributed by atoms with Crippen LogP contribution in [0.2, 0.25) is 0 Å². The van der Waals surface area contributed by atoms with E-state index in [1.165, 1.54) is 49.9 Å². The topological polar surface area (TPSA) is 51.8 Å². The van der Waals surface area contributed by atoms with Crippen LogP contribution < -0.4 is 0 Å². The predicted molar refractivity (Wildman–Crippen MR) is 280 cm³/mol. The molecule has 0 unspecified atom stereocenters. The van der Waals surface area contributed by atoms with E-state index in [1.807, 2.05) is 42.5 Å². The normalized spacial score (nSPS) is 12.7. The van der Waals surface area contributed by atoms with Gasteiger partial charge in [0, 0.05) is 32.9 Å². The van der Waals surface area contributed by atoms with Gasteiger partial charge in [-0.05, 0) is 138 Å². The molecule has 10 aromatic carbocycles. The predicted octanol–water partition coefficient (Wildman–Crippen LogP) is 16.9. The molecular formula is C64H43N3O. The Kier molecular flexibility index (Phi) is 9.16. The van der Waals surface area contributed by atoms with Crippen LogP contribution in [0.15, 0.2) is 229 Å². The molecule has 0 amide bonds. The molecule has 0 atom stereocenters. The van der Waals surface area contributed by atoms with Crippen LogP contribution in [0.4, 0.5) is 0 Å². The highest BCUT2D eigenvalue weighted by molar-refractivity contribution is 6.19. The van der Waals surface area contributed by atoms with Gasteiger partial charge in [-0.3, -0.25) is 0 Å². The summed E-state index contributed by atoms with van der Waals surface area (Å²) in [5.74, 6) is 1.82. The summed E-state index contributed by atoms with van der Waals surface area (Å²) in [6.07, 6.45) is 0. The van der Waals surface area contributed by atoms with Gasteiger partial charge in [0.05, 0.1) is 0 Å². The molecule has 0 spiro atoms. The molecule has 12 aromatic rings. The van der Waals surface area contributed by atoms with Gasteiger partial charge in [0.25, 0.3) is 0 Å². The molecule has 13 rings (SSSR count). The fraction of sp³-hybridized carbons (Fsp3) is 0.0469. The van der Waals surface area contributed by atoms with Crippen molar-refractivity contribution in [1.82, 2.24) is 15.0 Å². The Morgan fingerprint density at radius 1 is 0.309 bits per heavy atom. The van der Waals surface area contributed by atoms with E-state index in [9.17, 15) is 0 Å². The van der Waals surface area contributed by atoms with E-state index < -0.39 is 0 Å². The largest absolute Gasteiger partial charge is 0.456 e. The van der Waals surface area contributed by atoms with Crippen LogP contribution in [0, 0.1) is 0 Å². The van der Waals surface area contributed by atoms with E-state index in [0.29, 0.717) is 17.5 Å². The molecule has 68 heavy (non-hydrogen) atoms. The van der Waals surface area contributed by atoms with Crippen molar-refractivity contribution in [1.29, 1.82) is 0 Å². The fourth-order valence-electron chi connectivity index (χ4n) is 10.4. The summed E-state index contributed by atoms with van der Waals surface area (Å²) >= 11 is 0. The number of hydrogen-bond acceptors (Lipinski definition) is 4. The molecule has 2 heterocycles. The van der Waals surface area contributed by atoms with Crippen LogP contribution >= 0.6 is 0 Å². The average molecular weight is 870 g/mol. The van der Waals surface area contributed by atoms with Gasteiger partial charge in [-0.25, -0.2) is 15.0 Å². The highest BCUT2D eigenvalue weighted by atomic mass is 16.3. The zero-order valence-corrected chi connectivity index (χ0v) is 37.6. The number of nitrogens with zero attached hydrogens (tertiary/aromatic N) is 3. The standard InChI is InChI=1S/C64H43N3O/c1-64(2)56-26-12-11-25-53(56)54-30-27-46(39-57(54)64)51-36-49(40-15-5-3-6-16-40)35-50(37-51)45-22-13-20-43(33-45)44-21-14-23-47(34-44)62-65-61(42-18-7-4-8-19-42)66-63(67-62)48-29-31-58-55(38-48)60-52-24-10-9-17-41(52)28-32-59(60)68-58/h3-39H,1-2H3. The van der Waals surface area contributed by atoms with E-state index in [2.05, 4.69) is 196 Å². The lowest BCUT2D eigenvalue weighted by Gasteiger charge is -2.22. The van der Waals surface area contributed by atoms with Gasteiger partial charge in [0.15, 0.2) is 17.5 Å². The third-order valence-electron chi connectivity index (χ3n) is 13.9. The molecular weight excluding hydrogens is 827 g/mol. The molecule has 0 saturated heterocycles. The first-order chi connectivity index (χ1) is 33.4. The lowest BCUT2D eigenvalue weighted by molar-refractivity contribution is 0.660. The Hall–Kier alpha value is -8.73. The summed E-state index contributed by atoms with van der Waals surface area (Å²) < 4.78 is 6.36. The van der Waals surface area contributed by atoms with Crippen LogP contribution in [-0.4, -0.2) is 15.0 Å². The first kappa shape index (κ1) is 39.6. The van der Waals surface area contributed by atoms with Gasteiger partial charge in [-0.1, -0.05) is 178 Å². The summed E-state index contributed by atoms with van der Waals surface area (Å²) in [6.45, 7) is 4.69. The van der Waals surface area contributed by atoms with Crippen molar-refractivity contribution in [3.8, 4) is 89.8 Å². The second kappa shape index (κ2) is 15.7. The summed E-state index contributed by atoms with van der Waals surface area (Å²) in [5, 5.41) is 4.45. The molecule has 0 aliphatic heterocycles. The second-order valence-electron chi connectivity index (χ2n) is 18.4. The van der Waals surface area contributed by atoms with Gasteiger partial charge in [0.1, 0.15) is 11.2 Å². The first-order valence-electron chi connectivity index (χ1n) is 23.2. The second-order valence-corrected chi connectivity index (χ2v) is 18.4. The van der Waals surface area contributed by atoms with E-state index in [-0.39, 0.29) is 5.41 Å². The van der Waals surface area contributed by atoms with E-state index in [1.54, 1.807) is 0 Å². The number of fused-ring (bicyclic) bond motifs is 8. The van der Waals surface area contributed by atoms with Crippen LogP contribution in [0.5, 0.6) is 0 Å². The Morgan fingerprint density at radius 3 is 1.53 bits per heavy atom. The van der Waals surface area contributed by atoms with Gasteiger partial charge in [0.2, 0.25) is 0 Å². The third kappa shape index (κ3) is 6.72. The molecule has 4 nitrogen and oxygen atoms in total. The minimum atomic E-state index is -0.0870. The van der Waals surface area contributed by atoms with E-state index in [0.717, 1.165) is 66.3 Å². The molecule has 0 N–H and O–H groups in total. The zero-order valence-electron chi connectivity index (χ0n) is 37.6. The number of aromatic nitrogens is 3. The van der Waals surface area contributed by atoms with Crippen molar-refractivity contribution in [3.05, 3.63) is 236 Å². The summed E-state index contributed by atoms with van der Waals surface area (Å²) in [6, 6.07) is 80.0. The number of hydrogen-bond donors (Lipinski definition) is 0. The minimum Gasteiger partial charge on any atom is -0.456 e. The Balaban J connectivity index is 0.902. The highest BCUT2D eigenvalue weighted by Gasteiger charge is 2.35. The maximum absolute atomic E-state index is 6.36. The Morgan fingerprint density at radius 2 is 0.794 bits per heavy atom. The van der Waals surface area contributed by atoms with Crippen molar-refractivity contribution in [2.45, 2.75) is 19.3 Å². The lowest BCUT2D eigenvalue weighted by atomic mass is 9.81. The Bertz CT molecular complexity index is 3940. The molecule has 0 fully saturated rings. The van der Waals surface area contributed by atoms with Crippen LogP contribution in [0.25, 0.3) is 123 Å². The van der Waals surface area contributed by atoms with Gasteiger partial charge < -0.3 is 4.42 Å². The molecule has 4 heteroatoms.